The molecule has 6 aromatic rings. The first-order valence-corrected chi connectivity index (χ1v) is 21.4. The summed E-state index contributed by atoms with van der Waals surface area (Å²) in [6, 6.07) is 16.4. The molecule has 3 aromatic carbocycles. The number of piperazine rings is 3. The van der Waals surface area contributed by atoms with E-state index in [1.54, 1.807) is 58.3 Å². The fourth-order valence-electron chi connectivity index (χ4n) is 6.02. The summed E-state index contributed by atoms with van der Waals surface area (Å²) < 4.78 is 4.17. The molecular formula is C42H57BrFN11O2S3. The van der Waals surface area contributed by atoms with Gasteiger partial charge in [0.05, 0.1) is 49.4 Å². The second-order valence-electron chi connectivity index (χ2n) is 13.6. The van der Waals surface area contributed by atoms with Crippen molar-refractivity contribution in [3.8, 4) is 0 Å². The minimum atomic E-state index is -0.906. The third-order valence-corrected chi connectivity index (χ3v) is 13.2. The first-order valence-electron chi connectivity index (χ1n) is 18.2. The van der Waals surface area contributed by atoms with Gasteiger partial charge < -0.3 is 34.9 Å². The summed E-state index contributed by atoms with van der Waals surface area (Å²) in [6.07, 6.45) is 0. The largest absolute Gasteiger partial charge is 0.478 e. The Hall–Kier alpha value is -4.37. The van der Waals surface area contributed by atoms with Crippen LogP contribution in [0.25, 0.3) is 40.3 Å². The molecule has 6 heterocycles. The van der Waals surface area contributed by atoms with Crippen LogP contribution in [0, 0.1) is 13.1 Å². The van der Waals surface area contributed by atoms with Crippen LogP contribution < -0.4 is 15.1 Å². The quantitative estimate of drug-likeness (QED) is 0.166. The summed E-state index contributed by atoms with van der Waals surface area (Å²) in [4.78, 5) is 42.7. The van der Waals surface area contributed by atoms with Crippen LogP contribution in [-0.4, -0.2) is 140 Å². The summed E-state index contributed by atoms with van der Waals surface area (Å²) >= 11 is 8.22. The first-order chi connectivity index (χ1) is 27.1. The van der Waals surface area contributed by atoms with Crippen LogP contribution in [0.2, 0.25) is 0 Å². The lowest BCUT2D eigenvalue weighted by Crippen LogP contribution is -2.44. The maximum absolute atomic E-state index is 10.9. The number of hydrogen-bond acceptors (Lipinski definition) is 13. The zero-order chi connectivity index (χ0) is 39.6. The van der Waals surface area contributed by atoms with Crippen LogP contribution in [-0.2, 0) is 0 Å². The maximum Gasteiger partial charge on any atom is 0.335 e. The van der Waals surface area contributed by atoms with Gasteiger partial charge in [0.1, 0.15) is 0 Å². The maximum atomic E-state index is 10.9. The van der Waals surface area contributed by atoms with Crippen molar-refractivity contribution in [1.29, 1.82) is 0 Å². The van der Waals surface area contributed by atoms with Gasteiger partial charge in [0.2, 0.25) is 0 Å². The number of carboxylic acid groups (broad SMARTS) is 1. The molecule has 18 heteroatoms. The average molecular weight is 943 g/mol. The first kappa shape index (κ1) is 51.8. The molecule has 0 amide bonds. The molecule has 3 saturated heterocycles. The Kier molecular flexibility index (Phi) is 21.4. The fraction of sp³-hybridized carbons (Fsp3) is 0.429. The Balaban J connectivity index is 0.000000283. The highest BCUT2D eigenvalue weighted by Crippen LogP contribution is 2.33. The van der Waals surface area contributed by atoms with Crippen LogP contribution >= 0.6 is 49.9 Å². The number of anilines is 2. The normalized spacial score (nSPS) is 15.4. The summed E-state index contributed by atoms with van der Waals surface area (Å²) in [5.74, 6) is -0.906. The number of likely N-dealkylation sites (N-methyl/N-ethyl adjacent to an activating group) is 3. The molecule has 3 aromatic heterocycles. The number of hydrogen-bond donors (Lipinski definition) is 2. The highest BCUT2D eigenvalue weighted by molar-refractivity contribution is 9.11. The van der Waals surface area contributed by atoms with E-state index in [-0.39, 0.29) is 27.0 Å². The zero-order valence-electron chi connectivity index (χ0n) is 32.0. The van der Waals surface area contributed by atoms with E-state index in [0.717, 1.165) is 110 Å². The van der Waals surface area contributed by atoms with Crippen LogP contribution in [0.15, 0.2) is 58.5 Å². The zero-order valence-corrected chi connectivity index (χ0v) is 36.1. The second kappa shape index (κ2) is 24.8. The van der Waals surface area contributed by atoms with Gasteiger partial charge in [0, 0.05) is 78.5 Å². The summed E-state index contributed by atoms with van der Waals surface area (Å²) in [5.41, 5.74) is 4.21. The van der Waals surface area contributed by atoms with Gasteiger partial charge in [-0.2, -0.15) is 0 Å². The molecule has 0 unspecified atom stereocenters. The molecule has 0 atom stereocenters. The van der Waals surface area contributed by atoms with Gasteiger partial charge in [-0.05, 0) is 67.4 Å². The van der Waals surface area contributed by atoms with Gasteiger partial charge in [-0.25, -0.2) is 29.4 Å². The van der Waals surface area contributed by atoms with Crippen molar-refractivity contribution in [3.63, 3.8) is 0 Å². The van der Waals surface area contributed by atoms with Gasteiger partial charge in [-0.15, -0.1) is 11.3 Å². The molecule has 0 bridgehead atoms. The number of fused-ring (bicyclic) bond motifs is 3. The SMILES string of the molecule is C.C.C.CN1CCN(c2nc3cc(C(=O)O)ccc3s2)CC1.CN1CCNCC1.F.[C-]#[N+]c1ccc2sc(Br)nc2c1.[C-]#[N+]c1ccc2sc(N3CCN(C)CC3)nc2c1. The highest BCUT2D eigenvalue weighted by Gasteiger charge is 2.19. The average Bonchev–Trinajstić information content (AvgIpc) is 3.94. The van der Waals surface area contributed by atoms with E-state index >= 15 is 0 Å². The molecule has 324 valence electrons. The standard InChI is InChI=1S/C13H14N4S.C13H15N3O2S.C8H3BrN2S.C5H12N2.3CH4.FH/c1-14-10-3-4-12-11(9-10)15-13(18-12)17-7-5-16(2)6-8-17;1-15-4-6-16(7-5-15)13-14-10-8-9(12(17)18)2-3-11(10)19-13;1-10-5-2-3-7-6(4-5)11-8(9)12-7;1-7-4-2-6-3-5-7;;;;/h3-4,9H,5-8H2,2H3;2-3,8H,4-7H2,1H3,(H,17,18);2-4H;6H,2-5H2,1H3;3*1H4;1H. The lowest BCUT2D eigenvalue weighted by Gasteiger charge is -2.32. The number of thiazole rings is 3. The molecule has 60 heavy (non-hydrogen) atoms. The Morgan fingerprint density at radius 2 is 1.03 bits per heavy atom. The van der Waals surface area contributed by atoms with Gasteiger partial charge >= 0.3 is 5.97 Å². The molecule has 13 nitrogen and oxygen atoms in total. The predicted molar refractivity (Wildman–Crippen MR) is 259 cm³/mol. The van der Waals surface area contributed by atoms with E-state index in [2.05, 4.69) is 91.5 Å². The third kappa shape index (κ3) is 14.1. The van der Waals surface area contributed by atoms with Crippen molar-refractivity contribution in [1.82, 2.24) is 35.0 Å². The van der Waals surface area contributed by atoms with Crippen molar-refractivity contribution in [2.45, 2.75) is 22.3 Å². The lowest BCUT2D eigenvalue weighted by molar-refractivity contribution is 0.0697. The van der Waals surface area contributed by atoms with Gasteiger partial charge in [0.15, 0.2) is 25.6 Å². The number of aromatic nitrogens is 3. The fourth-order valence-corrected chi connectivity index (χ4v) is 9.40. The van der Waals surface area contributed by atoms with Gasteiger partial charge in [-0.1, -0.05) is 69.2 Å². The Bertz CT molecular complexity index is 2340. The number of carbonyl (C=O) groups is 1. The van der Waals surface area contributed by atoms with Gasteiger partial charge in [0.25, 0.3) is 0 Å². The van der Waals surface area contributed by atoms with Crippen LogP contribution in [0.3, 0.4) is 0 Å². The second-order valence-corrected chi connectivity index (χ2v) is 17.9. The lowest BCUT2D eigenvalue weighted by atomic mass is 10.2. The van der Waals surface area contributed by atoms with E-state index in [9.17, 15) is 4.79 Å². The van der Waals surface area contributed by atoms with Crippen molar-refractivity contribution in [3.05, 3.63) is 86.9 Å². The molecule has 2 N–H and O–H groups in total. The highest BCUT2D eigenvalue weighted by atomic mass is 79.9. The Labute approximate surface area is 374 Å². The number of carboxylic acids is 1. The van der Waals surface area contributed by atoms with Crippen molar-refractivity contribution in [2.24, 2.45) is 0 Å². The summed E-state index contributed by atoms with van der Waals surface area (Å²) in [6.45, 7) is 26.9. The molecule has 9 rings (SSSR count). The number of aromatic carboxylic acids is 1. The third-order valence-electron chi connectivity index (χ3n) is 9.47. The minimum absolute atomic E-state index is 0. The van der Waals surface area contributed by atoms with E-state index < -0.39 is 5.97 Å². The molecule has 0 spiro atoms. The van der Waals surface area contributed by atoms with Crippen molar-refractivity contribution in [2.75, 3.05) is 109 Å². The summed E-state index contributed by atoms with van der Waals surface area (Å²) in [7, 11) is 6.42. The van der Waals surface area contributed by atoms with Crippen LogP contribution in [0.5, 0.6) is 0 Å². The Morgan fingerprint density at radius 1 is 0.633 bits per heavy atom. The van der Waals surface area contributed by atoms with E-state index in [1.165, 1.54) is 13.1 Å². The summed E-state index contributed by atoms with van der Waals surface area (Å²) in [5, 5.41) is 14.3. The number of halogens is 2. The van der Waals surface area contributed by atoms with Gasteiger partial charge in [-0.3, -0.25) is 4.70 Å². The van der Waals surface area contributed by atoms with Crippen molar-refractivity contribution >= 4 is 108 Å². The van der Waals surface area contributed by atoms with Crippen LogP contribution in [0.1, 0.15) is 32.6 Å². The molecule has 0 aliphatic carbocycles. The monoisotopic (exact) mass is 941 g/mol. The van der Waals surface area contributed by atoms with Crippen molar-refractivity contribution < 1.29 is 14.6 Å². The smallest absolute Gasteiger partial charge is 0.335 e. The number of nitrogens with one attached hydrogen (secondary N) is 1. The van der Waals surface area contributed by atoms with Crippen LogP contribution in [0.4, 0.5) is 26.3 Å². The molecule has 3 fully saturated rings. The molecular weight excluding hydrogens is 886 g/mol. The number of rotatable bonds is 3. The number of nitrogens with zero attached hydrogens (tertiary/aromatic N) is 10. The minimum Gasteiger partial charge on any atom is -0.478 e. The van der Waals surface area contributed by atoms with E-state index in [1.807, 2.05) is 30.3 Å². The topological polar surface area (TPSA) is 113 Å². The van der Waals surface area contributed by atoms with E-state index in [4.69, 9.17) is 18.3 Å². The number of benzene rings is 3. The molecule has 3 aliphatic rings. The Morgan fingerprint density at radius 3 is 1.45 bits per heavy atom. The molecule has 0 saturated carbocycles. The molecule has 0 radical (unpaired) electrons. The molecule has 3 aliphatic heterocycles. The predicted octanol–water partition coefficient (Wildman–Crippen LogP) is 9.54. The van der Waals surface area contributed by atoms with E-state index in [0.29, 0.717) is 16.9 Å².